The van der Waals surface area contributed by atoms with E-state index in [0.717, 1.165) is 45.2 Å². The number of piperidine rings is 1. The molecular weight excluding hydrogens is 264 g/mol. The average molecular weight is 294 g/mol. The molecule has 0 spiro atoms. The smallest absolute Gasteiger partial charge is 0.228 e. The predicted molar refractivity (Wildman–Crippen MR) is 83.5 cm³/mol. The SMILES string of the molecule is CC(C)(CC1CCCN(C(=O)C2(C)CCCC2)C1)C(N)=O. The minimum atomic E-state index is -0.478. The average Bonchev–Trinajstić information content (AvgIpc) is 2.85. The van der Waals surface area contributed by atoms with Crippen molar-refractivity contribution in [2.45, 2.75) is 65.7 Å². The van der Waals surface area contributed by atoms with E-state index in [1.807, 2.05) is 13.8 Å². The van der Waals surface area contributed by atoms with Crippen molar-refractivity contribution in [2.24, 2.45) is 22.5 Å². The van der Waals surface area contributed by atoms with Crippen LogP contribution in [-0.4, -0.2) is 29.8 Å². The van der Waals surface area contributed by atoms with Crippen LogP contribution in [0.5, 0.6) is 0 Å². The summed E-state index contributed by atoms with van der Waals surface area (Å²) in [6, 6.07) is 0. The number of carbonyl (C=O) groups excluding carboxylic acids is 2. The molecule has 0 aromatic heterocycles. The van der Waals surface area contributed by atoms with Crippen LogP contribution >= 0.6 is 0 Å². The summed E-state index contributed by atoms with van der Waals surface area (Å²) in [6.45, 7) is 7.62. The third-order valence-electron chi connectivity index (χ3n) is 5.50. The number of rotatable bonds is 4. The molecule has 21 heavy (non-hydrogen) atoms. The molecular formula is C17H30N2O2. The van der Waals surface area contributed by atoms with E-state index >= 15 is 0 Å². The van der Waals surface area contributed by atoms with Gasteiger partial charge < -0.3 is 10.6 Å². The Bertz CT molecular complexity index is 411. The number of nitrogens with two attached hydrogens (primary N) is 1. The summed E-state index contributed by atoms with van der Waals surface area (Å²) >= 11 is 0. The third kappa shape index (κ3) is 3.58. The lowest BCUT2D eigenvalue weighted by Crippen LogP contribution is -2.47. The third-order valence-corrected chi connectivity index (χ3v) is 5.50. The topological polar surface area (TPSA) is 63.4 Å². The summed E-state index contributed by atoms with van der Waals surface area (Å²) in [5.74, 6) is 0.491. The maximum atomic E-state index is 12.8. The van der Waals surface area contributed by atoms with Crippen molar-refractivity contribution in [3.8, 4) is 0 Å². The molecule has 2 N–H and O–H groups in total. The normalized spacial score (nSPS) is 25.9. The highest BCUT2D eigenvalue weighted by Gasteiger charge is 2.41. The monoisotopic (exact) mass is 294 g/mol. The maximum absolute atomic E-state index is 12.8. The van der Waals surface area contributed by atoms with Crippen LogP contribution in [0.25, 0.3) is 0 Å². The van der Waals surface area contributed by atoms with Gasteiger partial charge >= 0.3 is 0 Å². The first kappa shape index (κ1) is 16.3. The quantitative estimate of drug-likeness (QED) is 0.866. The van der Waals surface area contributed by atoms with Crippen molar-refractivity contribution in [1.29, 1.82) is 0 Å². The molecule has 1 aliphatic heterocycles. The fourth-order valence-corrected chi connectivity index (χ4v) is 3.99. The van der Waals surface area contributed by atoms with Crippen molar-refractivity contribution in [2.75, 3.05) is 13.1 Å². The van der Waals surface area contributed by atoms with Gasteiger partial charge in [0, 0.05) is 23.9 Å². The molecule has 120 valence electrons. The fraction of sp³-hybridized carbons (Fsp3) is 0.882. The molecule has 4 heteroatoms. The molecule has 2 aliphatic rings. The van der Waals surface area contributed by atoms with E-state index in [9.17, 15) is 9.59 Å². The van der Waals surface area contributed by atoms with Crippen LogP contribution in [0, 0.1) is 16.7 Å². The van der Waals surface area contributed by atoms with Gasteiger partial charge in [-0.25, -0.2) is 0 Å². The van der Waals surface area contributed by atoms with E-state index in [2.05, 4.69) is 11.8 Å². The van der Waals surface area contributed by atoms with Crippen molar-refractivity contribution in [1.82, 2.24) is 4.90 Å². The number of likely N-dealkylation sites (tertiary alicyclic amines) is 1. The molecule has 1 atom stereocenters. The molecule has 2 fully saturated rings. The molecule has 0 aromatic carbocycles. The van der Waals surface area contributed by atoms with Gasteiger partial charge in [0.15, 0.2) is 0 Å². The van der Waals surface area contributed by atoms with Gasteiger partial charge in [-0.15, -0.1) is 0 Å². The van der Waals surface area contributed by atoms with Gasteiger partial charge in [0.1, 0.15) is 0 Å². The lowest BCUT2D eigenvalue weighted by Gasteiger charge is -2.39. The van der Waals surface area contributed by atoms with Crippen LogP contribution in [0.3, 0.4) is 0 Å². The highest BCUT2D eigenvalue weighted by molar-refractivity contribution is 5.83. The number of primary amides is 1. The highest BCUT2D eigenvalue weighted by atomic mass is 16.2. The molecule has 1 saturated carbocycles. The minimum Gasteiger partial charge on any atom is -0.369 e. The van der Waals surface area contributed by atoms with Crippen LogP contribution in [0.2, 0.25) is 0 Å². The van der Waals surface area contributed by atoms with Crippen LogP contribution in [0.4, 0.5) is 0 Å². The molecule has 1 aliphatic carbocycles. The molecule has 2 rings (SSSR count). The van der Waals surface area contributed by atoms with E-state index in [4.69, 9.17) is 5.73 Å². The molecule has 4 nitrogen and oxygen atoms in total. The van der Waals surface area contributed by atoms with Crippen molar-refractivity contribution < 1.29 is 9.59 Å². The second-order valence-corrected chi connectivity index (χ2v) is 7.98. The Morgan fingerprint density at radius 3 is 2.43 bits per heavy atom. The highest BCUT2D eigenvalue weighted by Crippen LogP contribution is 2.40. The molecule has 0 aromatic rings. The maximum Gasteiger partial charge on any atom is 0.228 e. The Balaban J connectivity index is 1.97. The first-order valence-corrected chi connectivity index (χ1v) is 8.34. The van der Waals surface area contributed by atoms with Crippen LogP contribution in [-0.2, 0) is 9.59 Å². The van der Waals surface area contributed by atoms with Gasteiger partial charge in [0.2, 0.25) is 11.8 Å². The first-order valence-electron chi connectivity index (χ1n) is 8.34. The second kappa shape index (κ2) is 5.98. The predicted octanol–water partition coefficient (Wildman–Crippen LogP) is 2.71. The van der Waals surface area contributed by atoms with Crippen molar-refractivity contribution in [3.05, 3.63) is 0 Å². The van der Waals surface area contributed by atoms with Crippen LogP contribution < -0.4 is 5.73 Å². The van der Waals surface area contributed by atoms with Gasteiger partial charge in [0.05, 0.1) is 0 Å². The molecule has 2 amide bonds. The summed E-state index contributed by atoms with van der Waals surface area (Å²) in [5, 5.41) is 0. The van der Waals surface area contributed by atoms with Gasteiger partial charge in [-0.3, -0.25) is 9.59 Å². The Hall–Kier alpha value is -1.06. The standard InChI is InChI=1S/C17H30N2O2/c1-16(2,14(18)20)11-13-7-6-10-19(12-13)15(21)17(3)8-4-5-9-17/h13H,4-12H2,1-3H3,(H2,18,20). The largest absolute Gasteiger partial charge is 0.369 e. The van der Waals surface area contributed by atoms with Gasteiger partial charge in [-0.2, -0.15) is 0 Å². The molecule has 0 radical (unpaired) electrons. The van der Waals surface area contributed by atoms with E-state index in [-0.39, 0.29) is 11.3 Å². The zero-order valence-electron chi connectivity index (χ0n) is 13.8. The van der Waals surface area contributed by atoms with Crippen LogP contribution in [0.15, 0.2) is 0 Å². The van der Waals surface area contributed by atoms with Gasteiger partial charge in [0.25, 0.3) is 0 Å². The van der Waals surface area contributed by atoms with Gasteiger partial charge in [-0.05, 0) is 38.0 Å². The Kier molecular flexibility index (Phi) is 4.64. The summed E-state index contributed by atoms with van der Waals surface area (Å²) in [5.41, 5.74) is 4.87. The van der Waals surface area contributed by atoms with E-state index in [0.29, 0.717) is 11.8 Å². The number of nitrogens with zero attached hydrogens (tertiary/aromatic N) is 1. The first-order chi connectivity index (χ1) is 9.74. The lowest BCUT2D eigenvalue weighted by molar-refractivity contribution is -0.143. The summed E-state index contributed by atoms with van der Waals surface area (Å²) < 4.78 is 0. The summed E-state index contributed by atoms with van der Waals surface area (Å²) in [6.07, 6.45) is 7.32. The zero-order valence-corrected chi connectivity index (χ0v) is 13.8. The van der Waals surface area contributed by atoms with Crippen molar-refractivity contribution in [3.63, 3.8) is 0 Å². The molecule has 1 heterocycles. The van der Waals surface area contributed by atoms with E-state index in [1.54, 1.807) is 0 Å². The lowest BCUT2D eigenvalue weighted by atomic mass is 9.78. The summed E-state index contributed by atoms with van der Waals surface area (Å²) in [4.78, 5) is 26.4. The van der Waals surface area contributed by atoms with Crippen molar-refractivity contribution >= 4 is 11.8 Å². The van der Waals surface area contributed by atoms with E-state index < -0.39 is 5.41 Å². The Morgan fingerprint density at radius 2 is 1.86 bits per heavy atom. The minimum absolute atomic E-state index is 0.138. The fourth-order valence-electron chi connectivity index (χ4n) is 3.99. The number of amides is 2. The molecule has 1 saturated heterocycles. The molecule has 0 bridgehead atoms. The van der Waals surface area contributed by atoms with Crippen LogP contribution in [0.1, 0.15) is 65.7 Å². The number of hydrogen-bond donors (Lipinski definition) is 1. The Labute approximate surface area is 128 Å². The Morgan fingerprint density at radius 1 is 1.24 bits per heavy atom. The molecule has 1 unspecified atom stereocenters. The van der Waals surface area contributed by atoms with Gasteiger partial charge in [-0.1, -0.05) is 33.6 Å². The second-order valence-electron chi connectivity index (χ2n) is 7.98. The summed E-state index contributed by atoms with van der Waals surface area (Å²) in [7, 11) is 0. The number of carbonyl (C=O) groups is 2. The van der Waals surface area contributed by atoms with E-state index in [1.165, 1.54) is 12.8 Å². The number of hydrogen-bond acceptors (Lipinski definition) is 2. The zero-order chi connectivity index (χ0) is 15.7.